The van der Waals surface area contributed by atoms with E-state index >= 15 is 0 Å². The summed E-state index contributed by atoms with van der Waals surface area (Å²) in [6.07, 6.45) is 3.18. The van der Waals surface area contributed by atoms with Crippen LogP contribution in [0.15, 0.2) is 34.3 Å². The average molecular weight is 354 g/mol. The van der Waals surface area contributed by atoms with Crippen LogP contribution in [0.1, 0.15) is 11.1 Å². The minimum Gasteiger partial charge on any atom is -0.489 e. The van der Waals surface area contributed by atoms with Crippen molar-refractivity contribution in [2.45, 2.75) is 0 Å². The maximum atomic E-state index is 11.7. The largest absolute Gasteiger partial charge is 0.489 e. The number of amidine groups is 1. The van der Waals surface area contributed by atoms with Crippen LogP contribution in [-0.4, -0.2) is 36.4 Å². The van der Waals surface area contributed by atoms with Crippen molar-refractivity contribution in [2.24, 2.45) is 10.7 Å². The van der Waals surface area contributed by atoms with Crippen molar-refractivity contribution >= 4 is 39.8 Å². The molecule has 0 bridgehead atoms. The van der Waals surface area contributed by atoms with Gasteiger partial charge in [0.2, 0.25) is 0 Å². The summed E-state index contributed by atoms with van der Waals surface area (Å²) >= 11 is 1.13. The Morgan fingerprint density at radius 1 is 1.40 bits per heavy atom. The summed E-state index contributed by atoms with van der Waals surface area (Å²) in [7, 11) is 1.58. The molecular weight excluding hydrogens is 340 g/mol. The van der Waals surface area contributed by atoms with Crippen LogP contribution in [0.5, 0.6) is 5.75 Å². The normalized spacial score (nSPS) is 15.4. The summed E-state index contributed by atoms with van der Waals surface area (Å²) in [5.74, 6) is 0.0917. The number of pyridine rings is 1. The van der Waals surface area contributed by atoms with Crippen molar-refractivity contribution in [2.75, 3.05) is 20.3 Å². The average Bonchev–Trinajstić information content (AvgIpc) is 2.92. The first kappa shape index (κ1) is 17.0. The van der Waals surface area contributed by atoms with Gasteiger partial charge in [0.05, 0.1) is 17.0 Å². The number of hydrogen-bond acceptors (Lipinski definition) is 7. The predicted octanol–water partition coefficient (Wildman–Crippen LogP) is 2.06. The zero-order chi connectivity index (χ0) is 17.8. The van der Waals surface area contributed by atoms with Gasteiger partial charge in [-0.1, -0.05) is 6.07 Å². The molecule has 7 nitrogen and oxygen atoms in total. The van der Waals surface area contributed by atoms with E-state index in [1.807, 2.05) is 12.1 Å². The fraction of sp³-hybridized carbons (Fsp3) is 0.176. The van der Waals surface area contributed by atoms with Crippen molar-refractivity contribution in [1.82, 2.24) is 4.98 Å². The first-order valence-corrected chi connectivity index (χ1v) is 8.16. The molecule has 2 heterocycles. The predicted molar refractivity (Wildman–Crippen MR) is 96.0 cm³/mol. The third-order valence-electron chi connectivity index (χ3n) is 3.43. The van der Waals surface area contributed by atoms with E-state index in [9.17, 15) is 10.1 Å². The molecule has 126 valence electrons. The lowest BCUT2D eigenvalue weighted by Crippen LogP contribution is -2.06. The first-order valence-electron chi connectivity index (χ1n) is 7.35. The van der Waals surface area contributed by atoms with Crippen molar-refractivity contribution in [3.05, 3.63) is 40.4 Å². The molecule has 0 saturated carbocycles. The molecule has 0 aliphatic carbocycles. The van der Waals surface area contributed by atoms with E-state index in [-0.39, 0.29) is 11.1 Å². The van der Waals surface area contributed by atoms with Gasteiger partial charge in [-0.25, -0.2) is 0 Å². The number of nitrogens with two attached hydrogens (primary N) is 1. The molecule has 1 aromatic heterocycles. The fourth-order valence-corrected chi connectivity index (χ4v) is 3.00. The number of hydrogen-bond donors (Lipinski definition) is 1. The van der Waals surface area contributed by atoms with E-state index < -0.39 is 0 Å². The molecule has 3 rings (SSSR count). The molecule has 0 radical (unpaired) electrons. The standard InChI is InChI=1S/C17H14N4O3S/c1-23-4-5-24-15-11(8-18)9-20-13-3-2-10(6-12(13)15)7-14-16(22)21-17(19)25-14/h2-3,6-7,9H,4-5H2,1H3,(H2,19,21,22)/b14-7-. The zero-order valence-corrected chi connectivity index (χ0v) is 14.2. The van der Waals surface area contributed by atoms with Gasteiger partial charge in [0.25, 0.3) is 5.91 Å². The monoisotopic (exact) mass is 354 g/mol. The summed E-state index contributed by atoms with van der Waals surface area (Å²) < 4.78 is 10.7. The number of methoxy groups -OCH3 is 1. The van der Waals surface area contributed by atoms with Gasteiger partial charge in [-0.15, -0.1) is 0 Å². The highest BCUT2D eigenvalue weighted by Gasteiger charge is 2.19. The summed E-state index contributed by atoms with van der Waals surface area (Å²) in [5, 5.41) is 10.2. The second-order valence-corrected chi connectivity index (χ2v) is 6.16. The van der Waals surface area contributed by atoms with Crippen LogP contribution in [-0.2, 0) is 9.53 Å². The number of fused-ring (bicyclic) bond motifs is 1. The van der Waals surface area contributed by atoms with E-state index in [0.717, 1.165) is 17.3 Å². The van der Waals surface area contributed by atoms with Gasteiger partial charge in [0.1, 0.15) is 24.0 Å². The molecule has 0 fully saturated rings. The summed E-state index contributed by atoms with van der Waals surface area (Å²) in [6.45, 7) is 0.717. The molecule has 0 unspecified atom stereocenters. The summed E-state index contributed by atoms with van der Waals surface area (Å²) in [6, 6.07) is 7.54. The molecule has 25 heavy (non-hydrogen) atoms. The van der Waals surface area contributed by atoms with Gasteiger partial charge in [-0.3, -0.25) is 9.78 Å². The van der Waals surface area contributed by atoms with Crippen LogP contribution in [0.4, 0.5) is 0 Å². The van der Waals surface area contributed by atoms with E-state index in [0.29, 0.717) is 40.3 Å². The number of thioether (sulfide) groups is 1. The van der Waals surface area contributed by atoms with Gasteiger partial charge in [0.15, 0.2) is 5.17 Å². The number of carbonyl (C=O) groups excluding carboxylic acids is 1. The number of aromatic nitrogens is 1. The molecule has 0 spiro atoms. The Labute approximate surface area is 148 Å². The Morgan fingerprint density at radius 2 is 2.24 bits per heavy atom. The Kier molecular flexibility index (Phi) is 4.97. The Hall–Kier alpha value is -2.89. The van der Waals surface area contributed by atoms with Crippen molar-refractivity contribution in [1.29, 1.82) is 5.26 Å². The summed E-state index contributed by atoms with van der Waals surface area (Å²) in [5.41, 5.74) is 7.36. The molecule has 0 atom stereocenters. The molecule has 0 saturated heterocycles. The van der Waals surface area contributed by atoms with Gasteiger partial charge in [0, 0.05) is 18.7 Å². The van der Waals surface area contributed by atoms with Gasteiger partial charge < -0.3 is 15.2 Å². The van der Waals surface area contributed by atoms with Crippen molar-refractivity contribution in [3.63, 3.8) is 0 Å². The van der Waals surface area contributed by atoms with Gasteiger partial charge >= 0.3 is 0 Å². The molecule has 1 amide bonds. The third kappa shape index (κ3) is 3.63. The van der Waals surface area contributed by atoms with Crippen LogP contribution in [0, 0.1) is 11.3 Å². The first-order chi connectivity index (χ1) is 12.1. The second kappa shape index (κ2) is 7.34. The smallest absolute Gasteiger partial charge is 0.286 e. The lowest BCUT2D eigenvalue weighted by atomic mass is 10.1. The minimum atomic E-state index is -0.358. The number of amides is 1. The Bertz CT molecular complexity index is 947. The molecule has 1 aromatic carbocycles. The molecule has 2 N–H and O–H groups in total. The molecule has 8 heteroatoms. The number of ether oxygens (including phenoxy) is 2. The number of carbonyl (C=O) groups is 1. The maximum absolute atomic E-state index is 11.7. The molecule has 2 aromatic rings. The van der Waals surface area contributed by atoms with Crippen molar-refractivity contribution in [3.8, 4) is 11.8 Å². The molecule has 1 aliphatic rings. The zero-order valence-electron chi connectivity index (χ0n) is 13.4. The number of rotatable bonds is 5. The van der Waals surface area contributed by atoms with Crippen LogP contribution < -0.4 is 10.5 Å². The lowest BCUT2D eigenvalue weighted by Gasteiger charge is -2.11. The Balaban J connectivity index is 2.03. The summed E-state index contributed by atoms with van der Waals surface area (Å²) in [4.78, 5) is 20.1. The fourth-order valence-electron chi connectivity index (χ4n) is 2.31. The number of nitriles is 1. The highest BCUT2D eigenvalue weighted by Crippen LogP contribution is 2.31. The topological polar surface area (TPSA) is 111 Å². The van der Waals surface area contributed by atoms with Crippen LogP contribution >= 0.6 is 11.8 Å². The highest BCUT2D eigenvalue weighted by atomic mass is 32.2. The maximum Gasteiger partial charge on any atom is 0.286 e. The van der Waals surface area contributed by atoms with Crippen LogP contribution in [0.25, 0.3) is 17.0 Å². The number of aliphatic imine (C=N–C) groups is 1. The van der Waals surface area contributed by atoms with E-state index in [1.54, 1.807) is 19.3 Å². The molecular formula is C17H14N4O3S. The number of benzene rings is 1. The van der Waals surface area contributed by atoms with Crippen LogP contribution in [0.3, 0.4) is 0 Å². The third-order valence-corrected chi connectivity index (χ3v) is 4.24. The number of nitrogens with zero attached hydrogens (tertiary/aromatic N) is 3. The Morgan fingerprint density at radius 3 is 2.92 bits per heavy atom. The minimum absolute atomic E-state index is 0.231. The molecule has 1 aliphatic heterocycles. The second-order valence-electron chi connectivity index (χ2n) is 5.10. The van der Waals surface area contributed by atoms with Crippen LogP contribution in [0.2, 0.25) is 0 Å². The lowest BCUT2D eigenvalue weighted by molar-refractivity contribution is -0.113. The SMILES string of the molecule is COCCOc1c(C#N)cnc2ccc(/C=C3\SC(N)=NC3=O)cc12. The quantitative estimate of drug-likeness (QED) is 0.646. The van der Waals surface area contributed by atoms with E-state index in [4.69, 9.17) is 15.2 Å². The highest BCUT2D eigenvalue weighted by molar-refractivity contribution is 8.18. The van der Waals surface area contributed by atoms with Gasteiger partial charge in [-0.05, 0) is 35.5 Å². The van der Waals surface area contributed by atoms with Gasteiger partial charge in [-0.2, -0.15) is 10.3 Å². The van der Waals surface area contributed by atoms with E-state index in [1.165, 1.54) is 6.20 Å². The van der Waals surface area contributed by atoms with Crippen molar-refractivity contribution < 1.29 is 14.3 Å². The van der Waals surface area contributed by atoms with E-state index in [2.05, 4.69) is 16.0 Å².